The molecule has 0 amide bonds. The zero-order valence-electron chi connectivity index (χ0n) is 13.0. The summed E-state index contributed by atoms with van der Waals surface area (Å²) in [7, 11) is 0. The highest BCUT2D eigenvalue weighted by Gasteiger charge is 2.45. The normalized spacial score (nSPS) is 29.5. The maximum Gasteiger partial charge on any atom is 0.586 e. The van der Waals surface area contributed by atoms with Crippen molar-refractivity contribution in [1.29, 1.82) is 0 Å². The second-order valence-electron chi connectivity index (χ2n) is 6.29. The number of rotatable bonds is 3. The first kappa shape index (κ1) is 16.0. The summed E-state index contributed by atoms with van der Waals surface area (Å²) in [5.74, 6) is -1.03. The van der Waals surface area contributed by atoms with Crippen molar-refractivity contribution in [2.45, 2.75) is 51.6 Å². The van der Waals surface area contributed by atoms with Gasteiger partial charge in [-0.15, -0.1) is 8.78 Å². The van der Waals surface area contributed by atoms with E-state index in [4.69, 9.17) is 0 Å². The molecule has 1 N–H and O–H groups in total. The molecule has 1 aromatic rings. The van der Waals surface area contributed by atoms with E-state index >= 15 is 0 Å². The van der Waals surface area contributed by atoms with Gasteiger partial charge in [-0.2, -0.15) is 0 Å². The molecule has 126 valence electrons. The number of hydrogen-bond acceptors (Lipinski definition) is 4. The topological polar surface area (TPSA) is 59.0 Å². The molecule has 0 saturated carbocycles. The molecule has 1 fully saturated rings. The van der Waals surface area contributed by atoms with Crippen molar-refractivity contribution >= 4 is 5.97 Å². The minimum absolute atomic E-state index is 0.0354. The van der Waals surface area contributed by atoms with E-state index in [9.17, 15) is 18.7 Å². The summed E-state index contributed by atoms with van der Waals surface area (Å²) in [5.41, 5.74) is 0.618. The standard InChI is InChI=1S/C16H19F2NO4/c1-9-6-12(15(20)21)7-10(2)19(9)8-11-4-3-5-13-14(11)23-16(17,18)22-13/h3-5,9-10,12H,6-8H2,1-2H3,(H,20,21). The van der Waals surface area contributed by atoms with Gasteiger partial charge in [0, 0.05) is 24.2 Å². The molecule has 1 aromatic carbocycles. The highest BCUT2D eigenvalue weighted by atomic mass is 19.3. The number of carbonyl (C=O) groups is 1. The summed E-state index contributed by atoms with van der Waals surface area (Å²) in [5, 5.41) is 9.20. The largest absolute Gasteiger partial charge is 0.586 e. The molecule has 2 atom stereocenters. The van der Waals surface area contributed by atoms with Gasteiger partial charge in [0.1, 0.15) is 0 Å². The first-order valence-corrected chi connectivity index (χ1v) is 7.63. The van der Waals surface area contributed by atoms with Crippen LogP contribution in [-0.2, 0) is 11.3 Å². The van der Waals surface area contributed by atoms with E-state index in [0.717, 1.165) is 0 Å². The minimum Gasteiger partial charge on any atom is -0.481 e. The van der Waals surface area contributed by atoms with Crippen molar-refractivity contribution in [3.05, 3.63) is 23.8 Å². The molecule has 0 spiro atoms. The Hall–Kier alpha value is -1.89. The number of carboxylic acid groups (broad SMARTS) is 1. The molecule has 0 bridgehead atoms. The second-order valence-corrected chi connectivity index (χ2v) is 6.29. The van der Waals surface area contributed by atoms with Crippen LogP contribution in [-0.4, -0.2) is 34.4 Å². The van der Waals surface area contributed by atoms with Crippen LogP contribution in [0, 0.1) is 5.92 Å². The number of para-hydroxylation sites is 1. The Labute approximate surface area is 132 Å². The van der Waals surface area contributed by atoms with Gasteiger partial charge in [0.15, 0.2) is 11.5 Å². The molecular weight excluding hydrogens is 308 g/mol. The summed E-state index contributed by atoms with van der Waals surface area (Å²) < 4.78 is 35.6. The van der Waals surface area contributed by atoms with Gasteiger partial charge in [0.2, 0.25) is 0 Å². The molecule has 23 heavy (non-hydrogen) atoms. The summed E-state index contributed by atoms with van der Waals surface area (Å²) in [6.45, 7) is 4.33. The number of halogens is 2. The van der Waals surface area contributed by atoms with Crippen molar-refractivity contribution in [1.82, 2.24) is 4.90 Å². The van der Waals surface area contributed by atoms with E-state index in [2.05, 4.69) is 14.4 Å². The number of benzene rings is 1. The SMILES string of the molecule is CC1CC(C(=O)O)CC(C)N1Cc1cccc2c1OC(F)(F)O2. The molecule has 2 unspecified atom stereocenters. The Morgan fingerprint density at radius 2 is 1.96 bits per heavy atom. The minimum atomic E-state index is -3.63. The molecule has 5 nitrogen and oxygen atoms in total. The van der Waals surface area contributed by atoms with Gasteiger partial charge < -0.3 is 14.6 Å². The predicted octanol–water partition coefficient (Wildman–Crippen LogP) is 3.08. The number of carboxylic acids is 1. The van der Waals surface area contributed by atoms with Crippen LogP contribution in [0.1, 0.15) is 32.3 Å². The lowest BCUT2D eigenvalue weighted by Crippen LogP contribution is -2.47. The van der Waals surface area contributed by atoms with E-state index < -0.39 is 12.3 Å². The van der Waals surface area contributed by atoms with Crippen molar-refractivity contribution in [3.8, 4) is 11.5 Å². The first-order valence-electron chi connectivity index (χ1n) is 7.63. The molecule has 7 heteroatoms. The fourth-order valence-electron chi connectivity index (χ4n) is 3.48. The van der Waals surface area contributed by atoms with E-state index in [0.29, 0.717) is 24.9 Å². The second kappa shape index (κ2) is 5.63. The van der Waals surface area contributed by atoms with Crippen LogP contribution in [0.3, 0.4) is 0 Å². The lowest BCUT2D eigenvalue weighted by molar-refractivity contribution is -0.287. The van der Waals surface area contributed by atoms with Crippen molar-refractivity contribution < 1.29 is 28.2 Å². The fourth-order valence-corrected chi connectivity index (χ4v) is 3.48. The molecule has 0 aliphatic carbocycles. The van der Waals surface area contributed by atoms with Gasteiger partial charge >= 0.3 is 12.3 Å². The third kappa shape index (κ3) is 3.10. The number of piperidine rings is 1. The zero-order valence-corrected chi connectivity index (χ0v) is 13.0. The van der Waals surface area contributed by atoms with Crippen LogP contribution in [0.2, 0.25) is 0 Å². The van der Waals surface area contributed by atoms with Crippen LogP contribution in [0.15, 0.2) is 18.2 Å². The first-order chi connectivity index (χ1) is 10.8. The van der Waals surface area contributed by atoms with Crippen LogP contribution >= 0.6 is 0 Å². The number of fused-ring (bicyclic) bond motifs is 1. The number of nitrogens with zero attached hydrogens (tertiary/aromatic N) is 1. The Morgan fingerprint density at radius 3 is 2.57 bits per heavy atom. The van der Waals surface area contributed by atoms with E-state index in [1.807, 2.05) is 13.8 Å². The summed E-state index contributed by atoms with van der Waals surface area (Å²) in [6, 6.07) is 4.91. The van der Waals surface area contributed by atoms with Crippen LogP contribution in [0.4, 0.5) is 8.78 Å². The lowest BCUT2D eigenvalue weighted by Gasteiger charge is -2.41. The molecule has 2 aliphatic heterocycles. The molecule has 3 rings (SSSR count). The van der Waals surface area contributed by atoms with E-state index in [1.165, 1.54) is 6.07 Å². The maximum atomic E-state index is 13.3. The van der Waals surface area contributed by atoms with Crippen LogP contribution in [0.5, 0.6) is 11.5 Å². The lowest BCUT2D eigenvalue weighted by atomic mass is 9.87. The third-order valence-electron chi connectivity index (χ3n) is 4.60. The smallest absolute Gasteiger partial charge is 0.481 e. The highest BCUT2D eigenvalue weighted by molar-refractivity contribution is 5.70. The average molecular weight is 327 g/mol. The summed E-state index contributed by atoms with van der Waals surface area (Å²) in [6.07, 6.45) is -2.55. The van der Waals surface area contributed by atoms with Gasteiger partial charge in [-0.1, -0.05) is 12.1 Å². The molecule has 2 heterocycles. The van der Waals surface area contributed by atoms with Crippen molar-refractivity contribution in [2.75, 3.05) is 0 Å². The van der Waals surface area contributed by atoms with Gasteiger partial charge in [-0.3, -0.25) is 9.69 Å². The van der Waals surface area contributed by atoms with Crippen LogP contribution in [0.25, 0.3) is 0 Å². The quantitative estimate of drug-likeness (QED) is 0.924. The average Bonchev–Trinajstić information content (AvgIpc) is 2.77. The molecule has 0 radical (unpaired) electrons. The zero-order chi connectivity index (χ0) is 16.8. The Kier molecular flexibility index (Phi) is 3.91. The van der Waals surface area contributed by atoms with E-state index in [-0.39, 0.29) is 29.5 Å². The van der Waals surface area contributed by atoms with Gasteiger partial charge in [0.25, 0.3) is 0 Å². The molecular formula is C16H19F2NO4. The number of hydrogen-bond donors (Lipinski definition) is 1. The number of alkyl halides is 2. The van der Waals surface area contributed by atoms with Crippen molar-refractivity contribution in [3.63, 3.8) is 0 Å². The summed E-state index contributed by atoms with van der Waals surface area (Å²) >= 11 is 0. The monoisotopic (exact) mass is 327 g/mol. The molecule has 1 saturated heterocycles. The predicted molar refractivity (Wildman–Crippen MR) is 77.5 cm³/mol. The maximum absolute atomic E-state index is 13.3. The fraction of sp³-hybridized carbons (Fsp3) is 0.562. The van der Waals surface area contributed by atoms with Gasteiger partial charge in [-0.05, 0) is 32.8 Å². The molecule has 0 aromatic heterocycles. The molecule has 2 aliphatic rings. The van der Waals surface area contributed by atoms with Crippen LogP contribution < -0.4 is 9.47 Å². The Morgan fingerprint density at radius 1 is 1.30 bits per heavy atom. The highest BCUT2D eigenvalue weighted by Crippen LogP contribution is 2.44. The number of likely N-dealkylation sites (tertiary alicyclic amines) is 1. The number of aliphatic carboxylic acids is 1. The Balaban J connectivity index is 1.79. The third-order valence-corrected chi connectivity index (χ3v) is 4.60. The van der Waals surface area contributed by atoms with Gasteiger partial charge in [-0.25, -0.2) is 0 Å². The number of ether oxygens (including phenoxy) is 2. The van der Waals surface area contributed by atoms with E-state index in [1.54, 1.807) is 12.1 Å². The summed E-state index contributed by atoms with van der Waals surface area (Å²) in [4.78, 5) is 13.3. The van der Waals surface area contributed by atoms with Gasteiger partial charge in [0.05, 0.1) is 5.92 Å². The van der Waals surface area contributed by atoms with Crippen molar-refractivity contribution in [2.24, 2.45) is 5.92 Å². The Bertz CT molecular complexity index is 610.